The molecule has 124 valence electrons. The molecule has 0 aromatic heterocycles. The van der Waals surface area contributed by atoms with Crippen LogP contribution in [0.25, 0.3) is 0 Å². The number of nitrogens with zero attached hydrogens (tertiary/aromatic N) is 1. The lowest BCUT2D eigenvalue weighted by Gasteiger charge is -2.15. The lowest BCUT2D eigenvalue weighted by Crippen LogP contribution is -2.33. The largest absolute Gasteiger partial charge is 0.297 e. The molecule has 1 amide bonds. The predicted molar refractivity (Wildman–Crippen MR) is 105 cm³/mol. The Hall–Kier alpha value is -1.65. The minimum Gasteiger partial charge on any atom is -0.297 e. The zero-order chi connectivity index (χ0) is 16.9. The highest BCUT2D eigenvalue weighted by molar-refractivity contribution is 8.24. The third-order valence-electron chi connectivity index (χ3n) is 4.24. The Kier molecular flexibility index (Phi) is 5.69. The molecule has 1 aliphatic rings. The minimum absolute atomic E-state index is 0.0723. The van der Waals surface area contributed by atoms with Crippen LogP contribution in [0.1, 0.15) is 23.1 Å². The van der Waals surface area contributed by atoms with Crippen molar-refractivity contribution in [1.29, 1.82) is 0 Å². The summed E-state index contributed by atoms with van der Waals surface area (Å²) in [6.07, 6.45) is 2.66. The number of hydrogen-bond donors (Lipinski definition) is 0. The van der Waals surface area contributed by atoms with Gasteiger partial charge in [0.15, 0.2) is 0 Å². The lowest BCUT2D eigenvalue weighted by molar-refractivity contribution is -0.126. The molecule has 1 heterocycles. The predicted octanol–water partition coefficient (Wildman–Crippen LogP) is 4.40. The van der Waals surface area contributed by atoms with Gasteiger partial charge in [0.1, 0.15) is 4.32 Å². The standard InChI is InChI=1S/C20H21NOS2/c1-15-9-11-17(12-10-15)14-18-19(22)21(20(23)24-18)13-5-8-16-6-3-2-4-7-16/h2-4,6-7,9-12,18H,5,8,13-14H2,1H3/t18-/m0/s1. The first kappa shape index (κ1) is 17.2. The van der Waals surface area contributed by atoms with Crippen molar-refractivity contribution in [2.45, 2.75) is 31.4 Å². The van der Waals surface area contributed by atoms with Crippen LogP contribution < -0.4 is 0 Å². The van der Waals surface area contributed by atoms with Crippen LogP contribution in [-0.4, -0.2) is 26.9 Å². The molecular formula is C20H21NOS2. The summed E-state index contributed by atoms with van der Waals surface area (Å²) in [5, 5.41) is -0.0723. The van der Waals surface area contributed by atoms with E-state index in [9.17, 15) is 4.79 Å². The molecule has 2 aromatic rings. The average molecular weight is 356 g/mol. The van der Waals surface area contributed by atoms with Crippen molar-refractivity contribution in [3.05, 3.63) is 71.3 Å². The zero-order valence-corrected chi connectivity index (χ0v) is 15.4. The molecule has 2 aromatic carbocycles. The number of rotatable bonds is 6. The zero-order valence-electron chi connectivity index (χ0n) is 13.8. The summed E-state index contributed by atoms with van der Waals surface area (Å²) in [6.45, 7) is 2.78. The smallest absolute Gasteiger partial charge is 0.241 e. The van der Waals surface area contributed by atoms with Crippen LogP contribution in [0.2, 0.25) is 0 Å². The van der Waals surface area contributed by atoms with Gasteiger partial charge < -0.3 is 0 Å². The van der Waals surface area contributed by atoms with Crippen LogP contribution in [0.3, 0.4) is 0 Å². The Morgan fingerprint density at radius 3 is 2.46 bits per heavy atom. The molecule has 0 unspecified atom stereocenters. The summed E-state index contributed by atoms with van der Waals surface area (Å²) in [4.78, 5) is 14.4. The monoisotopic (exact) mass is 355 g/mol. The Bertz CT molecular complexity index is 712. The summed E-state index contributed by atoms with van der Waals surface area (Å²) < 4.78 is 0.727. The maximum absolute atomic E-state index is 12.6. The van der Waals surface area contributed by atoms with Crippen molar-refractivity contribution in [2.75, 3.05) is 6.54 Å². The Balaban J connectivity index is 1.54. The number of amides is 1. The van der Waals surface area contributed by atoms with Crippen LogP contribution in [0.4, 0.5) is 0 Å². The molecular weight excluding hydrogens is 334 g/mol. The average Bonchev–Trinajstić information content (AvgIpc) is 2.85. The van der Waals surface area contributed by atoms with E-state index in [1.54, 1.807) is 4.90 Å². The normalized spacial score (nSPS) is 17.5. The van der Waals surface area contributed by atoms with Gasteiger partial charge in [-0.15, -0.1) is 0 Å². The van der Waals surface area contributed by atoms with Gasteiger partial charge in [0.2, 0.25) is 5.91 Å². The second-order valence-corrected chi connectivity index (χ2v) is 7.98. The number of thiocarbonyl (C=S) groups is 1. The van der Waals surface area contributed by atoms with Crippen LogP contribution in [0.5, 0.6) is 0 Å². The molecule has 1 atom stereocenters. The molecule has 2 nitrogen and oxygen atoms in total. The van der Waals surface area contributed by atoms with Gasteiger partial charge in [0.05, 0.1) is 5.25 Å². The molecule has 3 rings (SSSR count). The van der Waals surface area contributed by atoms with E-state index in [0.29, 0.717) is 6.54 Å². The van der Waals surface area contributed by atoms with Crippen molar-refractivity contribution in [1.82, 2.24) is 4.90 Å². The molecule has 0 aliphatic carbocycles. The summed E-state index contributed by atoms with van der Waals surface area (Å²) in [6, 6.07) is 18.8. The fraction of sp³-hybridized carbons (Fsp3) is 0.300. The van der Waals surface area contributed by atoms with Crippen LogP contribution in [0, 0.1) is 6.92 Å². The summed E-state index contributed by atoms with van der Waals surface area (Å²) in [7, 11) is 0. The molecule has 1 aliphatic heterocycles. The SMILES string of the molecule is Cc1ccc(C[C@@H]2SC(=S)N(CCCc3ccccc3)C2=O)cc1. The first-order valence-electron chi connectivity index (χ1n) is 8.25. The lowest BCUT2D eigenvalue weighted by atomic mass is 10.1. The maximum Gasteiger partial charge on any atom is 0.241 e. The van der Waals surface area contributed by atoms with Crippen LogP contribution >= 0.6 is 24.0 Å². The number of hydrogen-bond acceptors (Lipinski definition) is 3. The van der Waals surface area contributed by atoms with E-state index in [1.807, 2.05) is 6.07 Å². The fourth-order valence-corrected chi connectivity index (χ4v) is 4.44. The van der Waals surface area contributed by atoms with Gasteiger partial charge in [-0.2, -0.15) is 0 Å². The van der Waals surface area contributed by atoms with E-state index < -0.39 is 0 Å². The van der Waals surface area contributed by atoms with E-state index in [0.717, 1.165) is 23.6 Å². The Morgan fingerprint density at radius 2 is 1.75 bits per heavy atom. The quantitative estimate of drug-likeness (QED) is 0.717. The Morgan fingerprint density at radius 1 is 1.04 bits per heavy atom. The van der Waals surface area contributed by atoms with Crippen LogP contribution in [-0.2, 0) is 17.6 Å². The van der Waals surface area contributed by atoms with Gasteiger partial charge in [-0.05, 0) is 37.3 Å². The van der Waals surface area contributed by atoms with E-state index in [4.69, 9.17) is 12.2 Å². The third kappa shape index (κ3) is 4.25. The first-order chi connectivity index (χ1) is 11.6. The summed E-state index contributed by atoms with van der Waals surface area (Å²) in [5.74, 6) is 0.165. The molecule has 4 heteroatoms. The van der Waals surface area contributed by atoms with E-state index >= 15 is 0 Å². The topological polar surface area (TPSA) is 20.3 Å². The second-order valence-electron chi connectivity index (χ2n) is 6.14. The number of benzene rings is 2. The van der Waals surface area contributed by atoms with Crippen molar-refractivity contribution in [2.24, 2.45) is 0 Å². The fourth-order valence-electron chi connectivity index (χ4n) is 2.85. The molecule has 1 saturated heterocycles. The van der Waals surface area contributed by atoms with E-state index in [2.05, 4.69) is 55.5 Å². The number of carbonyl (C=O) groups is 1. The van der Waals surface area contributed by atoms with Crippen molar-refractivity contribution in [3.63, 3.8) is 0 Å². The van der Waals surface area contributed by atoms with Gasteiger partial charge in [0.25, 0.3) is 0 Å². The van der Waals surface area contributed by atoms with Gasteiger partial charge in [0, 0.05) is 6.54 Å². The molecule has 0 bridgehead atoms. The molecule has 0 saturated carbocycles. The van der Waals surface area contributed by atoms with Crippen LogP contribution in [0.15, 0.2) is 54.6 Å². The molecule has 24 heavy (non-hydrogen) atoms. The number of carbonyl (C=O) groups excluding carboxylic acids is 1. The highest BCUT2D eigenvalue weighted by atomic mass is 32.2. The van der Waals surface area contributed by atoms with E-state index in [1.165, 1.54) is 28.5 Å². The highest BCUT2D eigenvalue weighted by Crippen LogP contribution is 2.30. The molecule has 0 spiro atoms. The molecule has 0 radical (unpaired) electrons. The minimum atomic E-state index is -0.0723. The molecule has 0 N–H and O–H groups in total. The van der Waals surface area contributed by atoms with E-state index in [-0.39, 0.29) is 11.2 Å². The van der Waals surface area contributed by atoms with Gasteiger partial charge in [-0.1, -0.05) is 84.1 Å². The van der Waals surface area contributed by atoms with Crippen molar-refractivity contribution >= 4 is 34.2 Å². The van der Waals surface area contributed by atoms with Crippen molar-refractivity contribution < 1.29 is 4.79 Å². The highest BCUT2D eigenvalue weighted by Gasteiger charge is 2.36. The second kappa shape index (κ2) is 7.95. The molecule has 1 fully saturated rings. The van der Waals surface area contributed by atoms with Gasteiger partial charge in [-0.3, -0.25) is 9.69 Å². The maximum atomic E-state index is 12.6. The number of aryl methyl sites for hydroxylation is 2. The Labute approximate surface area is 153 Å². The summed E-state index contributed by atoms with van der Waals surface area (Å²) >= 11 is 6.96. The van der Waals surface area contributed by atoms with Crippen molar-refractivity contribution in [3.8, 4) is 0 Å². The third-order valence-corrected chi connectivity index (χ3v) is 5.82. The summed E-state index contributed by atoms with van der Waals surface area (Å²) in [5.41, 5.74) is 3.74. The number of thioether (sulfide) groups is 1. The van der Waals surface area contributed by atoms with Gasteiger partial charge in [-0.25, -0.2) is 0 Å². The first-order valence-corrected chi connectivity index (χ1v) is 9.54. The van der Waals surface area contributed by atoms with Gasteiger partial charge >= 0.3 is 0 Å².